The molecule has 9 heteroatoms. The van der Waals surface area contributed by atoms with Crippen LogP contribution in [0.1, 0.15) is 18.0 Å². The average Bonchev–Trinajstić information content (AvgIpc) is 2.29. The maximum Gasteiger partial charge on any atom is 0.745 e. The molecule has 0 heterocycles. The summed E-state index contributed by atoms with van der Waals surface area (Å²) in [4.78, 5) is 15.3. The SMILES string of the molecule is NC(CCO)c1ccccc1.O=[P+](O)O[P+](=O)O. The van der Waals surface area contributed by atoms with Crippen LogP contribution in [0.4, 0.5) is 0 Å². The molecule has 0 aliphatic carbocycles. The zero-order valence-corrected chi connectivity index (χ0v) is 11.2. The van der Waals surface area contributed by atoms with Crippen molar-refractivity contribution >= 4 is 16.5 Å². The monoisotopic (exact) mass is 295 g/mol. The third-order valence-electron chi connectivity index (χ3n) is 1.81. The highest BCUT2D eigenvalue weighted by Gasteiger charge is 2.31. The molecule has 0 bridgehead atoms. The molecular formula is C9H15NO6P2+2. The van der Waals surface area contributed by atoms with Crippen molar-refractivity contribution in [3.63, 3.8) is 0 Å². The van der Waals surface area contributed by atoms with Crippen LogP contribution >= 0.6 is 16.5 Å². The number of hydrogen-bond donors (Lipinski definition) is 4. The number of hydrogen-bond acceptors (Lipinski definition) is 5. The molecule has 0 saturated heterocycles. The third-order valence-corrected chi connectivity index (χ3v) is 2.93. The highest BCUT2D eigenvalue weighted by molar-refractivity contribution is 7.46. The largest absolute Gasteiger partial charge is 0.745 e. The predicted octanol–water partition coefficient (Wildman–Crippen LogP) is 1.37. The van der Waals surface area contributed by atoms with Gasteiger partial charge in [-0.15, -0.1) is 9.79 Å². The number of rotatable bonds is 5. The second-order valence-corrected chi connectivity index (χ2v) is 4.69. The second kappa shape index (κ2) is 10.2. The topological polar surface area (TPSA) is 130 Å². The van der Waals surface area contributed by atoms with E-state index in [0.717, 1.165) is 5.56 Å². The van der Waals surface area contributed by atoms with Crippen molar-refractivity contribution in [2.75, 3.05) is 6.61 Å². The minimum absolute atomic E-state index is 0.0267. The van der Waals surface area contributed by atoms with Gasteiger partial charge in [0.25, 0.3) is 0 Å². The van der Waals surface area contributed by atoms with E-state index >= 15 is 0 Å². The Labute approximate surface area is 106 Å². The van der Waals surface area contributed by atoms with Gasteiger partial charge in [0, 0.05) is 21.8 Å². The predicted molar refractivity (Wildman–Crippen MR) is 65.8 cm³/mol. The van der Waals surface area contributed by atoms with E-state index in [1.54, 1.807) is 0 Å². The fourth-order valence-electron chi connectivity index (χ4n) is 1.07. The lowest BCUT2D eigenvalue weighted by Gasteiger charge is -2.08. The molecule has 7 nitrogen and oxygen atoms in total. The fourth-order valence-corrected chi connectivity index (χ4v) is 1.54. The number of nitrogens with two attached hydrogens (primary N) is 1. The summed E-state index contributed by atoms with van der Waals surface area (Å²) in [6.07, 6.45) is 0.629. The minimum atomic E-state index is -2.92. The van der Waals surface area contributed by atoms with Gasteiger partial charge in [0.1, 0.15) is 0 Å². The third kappa shape index (κ3) is 9.27. The van der Waals surface area contributed by atoms with Crippen LogP contribution in [-0.2, 0) is 13.4 Å². The van der Waals surface area contributed by atoms with Crippen LogP contribution < -0.4 is 5.73 Å². The van der Waals surface area contributed by atoms with E-state index in [-0.39, 0.29) is 12.6 Å². The van der Waals surface area contributed by atoms with E-state index < -0.39 is 16.5 Å². The molecule has 0 saturated carbocycles. The quantitative estimate of drug-likeness (QED) is 0.603. The van der Waals surface area contributed by atoms with Crippen LogP contribution in [0, 0.1) is 0 Å². The molecule has 0 radical (unpaired) electrons. The van der Waals surface area contributed by atoms with E-state index in [1.807, 2.05) is 30.3 Å². The Bertz CT molecular complexity index is 363. The zero-order chi connectivity index (χ0) is 14.0. The van der Waals surface area contributed by atoms with Crippen molar-refractivity contribution in [1.82, 2.24) is 0 Å². The molecule has 1 aromatic rings. The van der Waals surface area contributed by atoms with E-state index in [2.05, 4.69) is 4.31 Å². The van der Waals surface area contributed by atoms with Crippen LogP contribution in [0.15, 0.2) is 30.3 Å². The summed E-state index contributed by atoms with van der Waals surface area (Å²) >= 11 is 0. The van der Waals surface area contributed by atoms with Gasteiger partial charge in [0.2, 0.25) is 0 Å². The molecule has 1 rings (SSSR count). The Hall–Kier alpha value is -0.780. The molecule has 0 amide bonds. The summed E-state index contributed by atoms with van der Waals surface area (Å²) in [6, 6.07) is 9.77. The van der Waals surface area contributed by atoms with Gasteiger partial charge < -0.3 is 10.8 Å². The summed E-state index contributed by atoms with van der Waals surface area (Å²) in [5, 5.41) is 8.62. The maximum absolute atomic E-state index is 9.39. The average molecular weight is 295 g/mol. The van der Waals surface area contributed by atoms with Gasteiger partial charge in [-0.3, -0.25) is 0 Å². The Morgan fingerprint density at radius 2 is 1.67 bits per heavy atom. The van der Waals surface area contributed by atoms with Crippen molar-refractivity contribution in [2.24, 2.45) is 5.73 Å². The van der Waals surface area contributed by atoms with Gasteiger partial charge >= 0.3 is 16.5 Å². The summed E-state index contributed by atoms with van der Waals surface area (Å²) in [5.74, 6) is 0. The summed E-state index contributed by atoms with van der Waals surface area (Å²) < 4.78 is 22.2. The van der Waals surface area contributed by atoms with Crippen LogP contribution in [0.2, 0.25) is 0 Å². The van der Waals surface area contributed by atoms with Crippen LogP contribution in [0.3, 0.4) is 0 Å². The standard InChI is InChI=1S/C9H13NO.O5P2/c10-9(6-7-11)8-4-2-1-3-5-8;1-6(2)5-7(3)4/h1-5,9,11H,6-7,10H2;/p+2. The molecule has 1 aromatic carbocycles. The second-order valence-electron chi connectivity index (χ2n) is 3.09. The van der Waals surface area contributed by atoms with Gasteiger partial charge in [-0.2, -0.15) is 0 Å². The van der Waals surface area contributed by atoms with Gasteiger partial charge in [0.15, 0.2) is 4.31 Å². The molecule has 3 unspecified atom stereocenters. The Morgan fingerprint density at radius 3 is 2.00 bits per heavy atom. The molecule has 100 valence electrons. The fraction of sp³-hybridized carbons (Fsp3) is 0.333. The first kappa shape index (κ1) is 17.2. The molecule has 18 heavy (non-hydrogen) atoms. The first-order chi connectivity index (χ1) is 8.47. The van der Waals surface area contributed by atoms with Gasteiger partial charge in [0.05, 0.1) is 0 Å². The van der Waals surface area contributed by atoms with Crippen LogP contribution in [-0.4, -0.2) is 21.5 Å². The lowest BCUT2D eigenvalue weighted by atomic mass is 10.1. The Kier molecular flexibility index (Phi) is 9.73. The van der Waals surface area contributed by atoms with Crippen molar-refractivity contribution in [2.45, 2.75) is 12.5 Å². The van der Waals surface area contributed by atoms with E-state index in [0.29, 0.717) is 6.42 Å². The van der Waals surface area contributed by atoms with Crippen LogP contribution in [0.5, 0.6) is 0 Å². The van der Waals surface area contributed by atoms with Gasteiger partial charge in [-0.25, -0.2) is 0 Å². The smallest absolute Gasteiger partial charge is 0.396 e. The summed E-state index contributed by atoms with van der Waals surface area (Å²) in [6.45, 7) is 0.149. The number of aliphatic hydroxyl groups is 1. The van der Waals surface area contributed by atoms with Crippen molar-refractivity contribution in [3.05, 3.63) is 35.9 Å². The van der Waals surface area contributed by atoms with E-state index in [1.165, 1.54) is 0 Å². The Morgan fingerprint density at radius 1 is 1.17 bits per heavy atom. The van der Waals surface area contributed by atoms with Crippen LogP contribution in [0.25, 0.3) is 0 Å². The molecule has 0 spiro atoms. The molecule has 0 fully saturated rings. The molecule has 0 aliphatic rings. The normalized spacial score (nSPS) is 13.1. The van der Waals surface area contributed by atoms with E-state index in [9.17, 15) is 9.13 Å². The van der Waals surface area contributed by atoms with Crippen molar-refractivity contribution in [3.8, 4) is 0 Å². The lowest BCUT2D eigenvalue weighted by Crippen LogP contribution is -2.11. The zero-order valence-electron chi connectivity index (χ0n) is 9.42. The summed E-state index contributed by atoms with van der Waals surface area (Å²) in [7, 11) is -5.85. The van der Waals surface area contributed by atoms with Crippen molar-refractivity contribution in [1.29, 1.82) is 0 Å². The maximum atomic E-state index is 9.39. The molecule has 5 N–H and O–H groups in total. The van der Waals surface area contributed by atoms with E-state index in [4.69, 9.17) is 20.6 Å². The number of aliphatic hydroxyl groups excluding tert-OH is 1. The number of benzene rings is 1. The molecule has 0 aliphatic heterocycles. The van der Waals surface area contributed by atoms with Gasteiger partial charge in [-0.1, -0.05) is 30.3 Å². The highest BCUT2D eigenvalue weighted by Crippen LogP contribution is 2.30. The van der Waals surface area contributed by atoms with Crippen molar-refractivity contribution < 1.29 is 28.3 Å². The molecule has 0 aromatic heterocycles. The summed E-state index contributed by atoms with van der Waals surface area (Å²) in [5.41, 5.74) is 6.83. The Balaban J connectivity index is 0.000000360. The highest BCUT2D eigenvalue weighted by atomic mass is 31.2. The lowest BCUT2D eigenvalue weighted by molar-refractivity contribution is 0.276. The first-order valence-electron chi connectivity index (χ1n) is 4.89. The van der Waals surface area contributed by atoms with Gasteiger partial charge in [-0.05, 0) is 12.0 Å². The minimum Gasteiger partial charge on any atom is -0.396 e. The molecular weight excluding hydrogens is 280 g/mol. The molecule has 3 atom stereocenters. The first-order valence-corrected chi connectivity index (χ1v) is 7.15.